The number of thiophene rings is 1. The molecule has 0 aliphatic carbocycles. The number of pyridine rings is 2. The Morgan fingerprint density at radius 3 is 2.94 bits per heavy atom. The molecule has 1 aliphatic rings. The second kappa shape index (κ2) is 8.09. The van der Waals surface area contributed by atoms with E-state index in [-0.39, 0.29) is 5.91 Å². The van der Waals surface area contributed by atoms with Crippen LogP contribution in [-0.4, -0.2) is 55.7 Å². The highest BCUT2D eigenvalue weighted by molar-refractivity contribution is 7.22. The smallest absolute Gasteiger partial charge is 0.257 e. The molecule has 5 aromatic heterocycles. The first-order valence-corrected chi connectivity index (χ1v) is 11.8. The van der Waals surface area contributed by atoms with Gasteiger partial charge in [0.1, 0.15) is 5.65 Å². The monoisotopic (exact) mass is 457 g/mol. The Labute approximate surface area is 194 Å². The summed E-state index contributed by atoms with van der Waals surface area (Å²) in [7, 11) is 2.14. The molecule has 1 saturated heterocycles. The van der Waals surface area contributed by atoms with Crippen molar-refractivity contribution in [3.05, 3.63) is 60.9 Å². The van der Waals surface area contributed by atoms with Gasteiger partial charge < -0.3 is 15.2 Å². The second-order valence-electron chi connectivity index (χ2n) is 8.54. The van der Waals surface area contributed by atoms with E-state index in [0.29, 0.717) is 17.3 Å². The number of rotatable bonds is 4. The Kier molecular flexibility index (Phi) is 4.92. The molecule has 33 heavy (non-hydrogen) atoms. The van der Waals surface area contributed by atoms with Gasteiger partial charge in [0.25, 0.3) is 5.91 Å². The van der Waals surface area contributed by atoms with Crippen LogP contribution in [0.2, 0.25) is 0 Å². The number of aromatic amines is 1. The molecule has 5 aromatic rings. The zero-order valence-corrected chi connectivity index (χ0v) is 19.0. The van der Waals surface area contributed by atoms with Crippen LogP contribution in [-0.2, 0) is 0 Å². The summed E-state index contributed by atoms with van der Waals surface area (Å²) in [4.78, 5) is 28.3. The van der Waals surface area contributed by atoms with Crippen LogP contribution in [0.15, 0.2) is 55.4 Å². The number of aromatic nitrogens is 5. The maximum atomic E-state index is 13.0. The number of anilines is 1. The Hall–Kier alpha value is -3.56. The highest BCUT2D eigenvalue weighted by Gasteiger charge is 2.20. The van der Waals surface area contributed by atoms with Gasteiger partial charge in [0.05, 0.1) is 28.2 Å². The molecular weight excluding hydrogens is 434 g/mol. The number of nitrogens with zero attached hydrogens (tertiary/aromatic N) is 5. The Morgan fingerprint density at radius 1 is 1.21 bits per heavy atom. The van der Waals surface area contributed by atoms with E-state index < -0.39 is 0 Å². The number of carbonyl (C=O) groups excluding carboxylic acids is 1. The van der Waals surface area contributed by atoms with Gasteiger partial charge in [0.2, 0.25) is 0 Å². The molecule has 0 radical (unpaired) electrons. The number of piperidine rings is 1. The zero-order chi connectivity index (χ0) is 22.4. The fraction of sp³-hybridized carbons (Fsp3) is 0.250. The van der Waals surface area contributed by atoms with Crippen molar-refractivity contribution in [3.63, 3.8) is 0 Å². The van der Waals surface area contributed by atoms with Gasteiger partial charge in [-0.05, 0) is 56.6 Å². The topological polar surface area (TPSA) is 91.7 Å². The predicted molar refractivity (Wildman–Crippen MR) is 131 cm³/mol. The van der Waals surface area contributed by atoms with Gasteiger partial charge in [0.15, 0.2) is 0 Å². The van der Waals surface area contributed by atoms with Gasteiger partial charge in [-0.25, -0.2) is 4.98 Å². The third kappa shape index (κ3) is 3.79. The van der Waals surface area contributed by atoms with Gasteiger partial charge >= 0.3 is 0 Å². The van der Waals surface area contributed by atoms with Gasteiger partial charge in [-0.2, -0.15) is 5.10 Å². The number of fused-ring (bicyclic) bond motifs is 2. The number of hydrogen-bond acceptors (Lipinski definition) is 6. The lowest BCUT2D eigenvalue weighted by atomic mass is 10.1. The number of carbonyl (C=O) groups is 1. The lowest BCUT2D eigenvalue weighted by molar-refractivity contribution is 0.102. The van der Waals surface area contributed by atoms with Crippen molar-refractivity contribution in [3.8, 4) is 10.4 Å². The number of amides is 1. The molecule has 0 unspecified atom stereocenters. The van der Waals surface area contributed by atoms with Gasteiger partial charge in [-0.1, -0.05) is 0 Å². The van der Waals surface area contributed by atoms with Crippen LogP contribution < -0.4 is 5.32 Å². The third-order valence-corrected chi connectivity index (χ3v) is 7.42. The van der Waals surface area contributed by atoms with Crippen LogP contribution in [0.25, 0.3) is 31.6 Å². The van der Waals surface area contributed by atoms with Crippen molar-refractivity contribution in [1.82, 2.24) is 29.6 Å². The molecule has 0 atom stereocenters. The van der Waals surface area contributed by atoms with E-state index in [1.165, 1.54) is 0 Å². The largest absolute Gasteiger partial charge is 0.345 e. The molecule has 6 heterocycles. The van der Waals surface area contributed by atoms with Crippen molar-refractivity contribution in [2.75, 3.05) is 25.5 Å². The lowest BCUT2D eigenvalue weighted by Gasteiger charge is -2.28. The fourth-order valence-corrected chi connectivity index (χ4v) is 5.47. The number of H-pyrrole nitrogens is 1. The average Bonchev–Trinajstić information content (AvgIpc) is 3.56. The molecule has 0 saturated carbocycles. The van der Waals surface area contributed by atoms with Crippen molar-refractivity contribution in [1.29, 1.82) is 0 Å². The SMILES string of the molecule is CN1CCC(n2cc(NC(=O)c3cnc4[nH]cc(-c5cc6ccncc6s5)c4c3)cn2)CC1. The Morgan fingerprint density at radius 2 is 2.09 bits per heavy atom. The van der Waals surface area contributed by atoms with E-state index in [0.717, 1.165) is 57.5 Å². The number of likely N-dealkylation sites (tertiary alicyclic amines) is 1. The number of hydrogen-bond donors (Lipinski definition) is 2. The normalized spacial score (nSPS) is 15.4. The van der Waals surface area contributed by atoms with Crippen LogP contribution in [0, 0.1) is 0 Å². The highest BCUT2D eigenvalue weighted by Crippen LogP contribution is 2.36. The summed E-state index contributed by atoms with van der Waals surface area (Å²) in [5.74, 6) is -0.194. The third-order valence-electron chi connectivity index (χ3n) is 6.30. The molecular formula is C24H23N7OS. The molecule has 2 N–H and O–H groups in total. The average molecular weight is 458 g/mol. The zero-order valence-electron chi connectivity index (χ0n) is 18.2. The quantitative estimate of drug-likeness (QED) is 0.413. The van der Waals surface area contributed by atoms with Gasteiger partial charge in [-0.3, -0.25) is 14.5 Å². The maximum Gasteiger partial charge on any atom is 0.257 e. The predicted octanol–water partition coefficient (Wildman–Crippen LogP) is 4.56. The first-order chi connectivity index (χ1) is 16.1. The molecule has 1 fully saturated rings. The van der Waals surface area contributed by atoms with Crippen molar-refractivity contribution >= 4 is 44.1 Å². The summed E-state index contributed by atoms with van der Waals surface area (Å²) in [5.41, 5.74) is 3.00. The molecule has 0 bridgehead atoms. The van der Waals surface area contributed by atoms with Crippen LogP contribution in [0.4, 0.5) is 5.69 Å². The minimum atomic E-state index is -0.194. The highest BCUT2D eigenvalue weighted by atomic mass is 32.1. The standard InChI is InChI=1S/C24H23N7OS/c1-30-6-3-18(4-7-30)31-14-17(11-28-31)29-24(32)16-8-19-20(12-27-23(19)26-10-16)21-9-15-2-5-25-13-22(15)33-21/h2,5,8-14,18H,3-4,6-7H2,1H3,(H,26,27)(H,29,32). The second-order valence-corrected chi connectivity index (χ2v) is 9.63. The van der Waals surface area contributed by atoms with Gasteiger partial charge in [0, 0.05) is 46.8 Å². The van der Waals surface area contributed by atoms with Crippen LogP contribution >= 0.6 is 11.3 Å². The van der Waals surface area contributed by atoms with Crippen LogP contribution in [0.1, 0.15) is 29.2 Å². The number of nitrogens with one attached hydrogen (secondary N) is 2. The molecule has 6 rings (SSSR count). The summed E-state index contributed by atoms with van der Waals surface area (Å²) >= 11 is 1.68. The molecule has 1 aliphatic heterocycles. The molecule has 8 nitrogen and oxygen atoms in total. The summed E-state index contributed by atoms with van der Waals surface area (Å²) in [6.07, 6.45) is 13.0. The molecule has 9 heteroatoms. The maximum absolute atomic E-state index is 13.0. The fourth-order valence-electron chi connectivity index (χ4n) is 4.41. The van der Waals surface area contributed by atoms with Crippen LogP contribution in [0.5, 0.6) is 0 Å². The van der Waals surface area contributed by atoms with E-state index in [1.54, 1.807) is 29.9 Å². The first kappa shape index (κ1) is 20.1. The minimum absolute atomic E-state index is 0.194. The summed E-state index contributed by atoms with van der Waals surface area (Å²) < 4.78 is 3.11. The molecule has 166 valence electrons. The molecule has 0 aromatic carbocycles. The van der Waals surface area contributed by atoms with Crippen molar-refractivity contribution in [2.24, 2.45) is 0 Å². The first-order valence-electron chi connectivity index (χ1n) is 11.0. The van der Waals surface area contributed by atoms with E-state index in [2.05, 4.69) is 43.4 Å². The molecule has 1 amide bonds. The van der Waals surface area contributed by atoms with Crippen molar-refractivity contribution in [2.45, 2.75) is 18.9 Å². The summed E-state index contributed by atoms with van der Waals surface area (Å²) in [6, 6.07) is 6.43. The Bertz CT molecular complexity index is 1430. The van der Waals surface area contributed by atoms with Crippen molar-refractivity contribution < 1.29 is 4.79 Å². The minimum Gasteiger partial charge on any atom is -0.345 e. The summed E-state index contributed by atoms with van der Waals surface area (Å²) in [5, 5.41) is 9.54. The van der Waals surface area contributed by atoms with E-state index >= 15 is 0 Å². The van der Waals surface area contributed by atoms with Gasteiger partial charge in [-0.15, -0.1) is 11.3 Å². The summed E-state index contributed by atoms with van der Waals surface area (Å²) in [6.45, 7) is 2.13. The van der Waals surface area contributed by atoms with E-state index in [9.17, 15) is 4.79 Å². The molecule has 0 spiro atoms. The van der Waals surface area contributed by atoms with E-state index in [1.807, 2.05) is 35.4 Å². The Balaban J connectivity index is 1.25. The lowest BCUT2D eigenvalue weighted by Crippen LogP contribution is -2.31. The van der Waals surface area contributed by atoms with E-state index in [4.69, 9.17) is 0 Å². The van der Waals surface area contributed by atoms with Crippen LogP contribution in [0.3, 0.4) is 0 Å².